The second kappa shape index (κ2) is 5.44. The Balaban J connectivity index is 2.51. The number of carbonyl (C=O) groups is 1. The minimum atomic E-state index is -0.373. The highest BCUT2D eigenvalue weighted by Gasteiger charge is 2.23. The van der Waals surface area contributed by atoms with Crippen molar-refractivity contribution in [1.82, 2.24) is 15.3 Å². The van der Waals surface area contributed by atoms with Gasteiger partial charge in [-0.3, -0.25) is 0 Å². The number of rotatable bonds is 3. The molecule has 2 rings (SSSR count). The molecule has 1 aliphatic heterocycles. The molecule has 0 radical (unpaired) electrons. The molecule has 0 aromatic carbocycles. The third-order valence-corrected chi connectivity index (χ3v) is 3.38. The molecule has 2 heterocycles. The van der Waals surface area contributed by atoms with Gasteiger partial charge in [-0.05, 0) is 6.42 Å². The molecule has 1 unspecified atom stereocenters. The van der Waals surface area contributed by atoms with Crippen LogP contribution in [0.25, 0.3) is 0 Å². The summed E-state index contributed by atoms with van der Waals surface area (Å²) in [4.78, 5) is 20.8. The zero-order valence-corrected chi connectivity index (χ0v) is 11.1. The van der Waals surface area contributed by atoms with Crippen LogP contribution < -0.4 is 5.32 Å². The maximum atomic E-state index is 11.8. The molecule has 18 heavy (non-hydrogen) atoms. The van der Waals surface area contributed by atoms with E-state index in [1.807, 2.05) is 0 Å². The van der Waals surface area contributed by atoms with Crippen molar-refractivity contribution in [3.63, 3.8) is 0 Å². The molecule has 0 aliphatic carbocycles. The fourth-order valence-electron chi connectivity index (χ4n) is 2.03. The first-order chi connectivity index (χ1) is 8.67. The Labute approximate surface area is 107 Å². The van der Waals surface area contributed by atoms with Crippen LogP contribution in [0.15, 0.2) is 0 Å². The van der Waals surface area contributed by atoms with Gasteiger partial charge in [0.15, 0.2) is 5.69 Å². The molecule has 0 saturated heterocycles. The van der Waals surface area contributed by atoms with Crippen molar-refractivity contribution in [2.24, 2.45) is 0 Å². The average Bonchev–Trinajstić information content (AvgIpc) is 2.44. The van der Waals surface area contributed by atoms with Crippen molar-refractivity contribution in [2.45, 2.75) is 39.2 Å². The van der Waals surface area contributed by atoms with Crippen LogP contribution in [0.5, 0.6) is 0 Å². The number of hydrogen-bond donors (Lipinski definition) is 1. The Morgan fingerprint density at radius 1 is 1.50 bits per heavy atom. The monoisotopic (exact) mass is 249 g/mol. The number of ether oxygens (including phenoxy) is 1. The molecule has 1 N–H and O–H groups in total. The van der Waals surface area contributed by atoms with Gasteiger partial charge >= 0.3 is 5.97 Å². The third kappa shape index (κ3) is 2.36. The van der Waals surface area contributed by atoms with Gasteiger partial charge in [0.1, 0.15) is 5.82 Å². The van der Waals surface area contributed by atoms with Crippen LogP contribution in [0.2, 0.25) is 0 Å². The summed E-state index contributed by atoms with van der Waals surface area (Å²) in [5, 5.41) is 3.24. The highest BCUT2D eigenvalue weighted by Crippen LogP contribution is 2.21. The van der Waals surface area contributed by atoms with E-state index in [0.717, 1.165) is 36.5 Å². The van der Waals surface area contributed by atoms with Gasteiger partial charge in [0.2, 0.25) is 0 Å². The largest absolute Gasteiger partial charge is 0.464 e. The number of nitrogens with one attached hydrogen (secondary N) is 1. The van der Waals surface area contributed by atoms with Crippen LogP contribution in [0, 0.1) is 0 Å². The summed E-state index contributed by atoms with van der Waals surface area (Å²) >= 11 is 0. The quantitative estimate of drug-likeness (QED) is 0.821. The second-order valence-corrected chi connectivity index (χ2v) is 4.58. The van der Waals surface area contributed by atoms with Crippen molar-refractivity contribution in [3.8, 4) is 0 Å². The Morgan fingerprint density at radius 3 is 2.94 bits per heavy atom. The Kier molecular flexibility index (Phi) is 3.91. The fraction of sp³-hybridized carbons (Fsp3) is 0.615. The molecule has 0 bridgehead atoms. The Hall–Kier alpha value is -1.49. The van der Waals surface area contributed by atoms with Gasteiger partial charge in [0.25, 0.3) is 0 Å². The zero-order valence-electron chi connectivity index (χ0n) is 11.1. The van der Waals surface area contributed by atoms with Crippen molar-refractivity contribution >= 4 is 5.97 Å². The second-order valence-electron chi connectivity index (χ2n) is 4.58. The zero-order chi connectivity index (χ0) is 13.1. The van der Waals surface area contributed by atoms with Crippen LogP contribution in [0.3, 0.4) is 0 Å². The third-order valence-electron chi connectivity index (χ3n) is 3.38. The van der Waals surface area contributed by atoms with Crippen LogP contribution in [0.4, 0.5) is 0 Å². The lowest BCUT2D eigenvalue weighted by molar-refractivity contribution is 0.0591. The average molecular weight is 249 g/mol. The van der Waals surface area contributed by atoms with Crippen LogP contribution in [-0.4, -0.2) is 29.6 Å². The maximum absolute atomic E-state index is 11.8. The summed E-state index contributed by atoms with van der Waals surface area (Å²) in [6, 6.07) is 0. The summed E-state index contributed by atoms with van der Waals surface area (Å²) in [5.74, 6) is 0.633. The molecule has 5 heteroatoms. The molecular formula is C13H19N3O2. The summed E-state index contributed by atoms with van der Waals surface area (Å²) in [6.45, 7) is 5.70. The van der Waals surface area contributed by atoms with E-state index in [1.54, 1.807) is 0 Å². The van der Waals surface area contributed by atoms with E-state index in [-0.39, 0.29) is 11.9 Å². The molecule has 0 saturated carbocycles. The summed E-state index contributed by atoms with van der Waals surface area (Å²) in [7, 11) is 1.38. The van der Waals surface area contributed by atoms with Crippen LogP contribution in [0.1, 0.15) is 53.8 Å². The normalized spacial score (nSPS) is 15.9. The summed E-state index contributed by atoms with van der Waals surface area (Å²) < 4.78 is 4.81. The van der Waals surface area contributed by atoms with Crippen molar-refractivity contribution in [3.05, 3.63) is 22.8 Å². The number of esters is 1. The predicted molar refractivity (Wildman–Crippen MR) is 67.5 cm³/mol. The van der Waals surface area contributed by atoms with Gasteiger partial charge in [-0.15, -0.1) is 0 Å². The Morgan fingerprint density at radius 2 is 2.28 bits per heavy atom. The first kappa shape index (κ1) is 13.0. The predicted octanol–water partition coefficient (Wildman–Crippen LogP) is 1.42. The molecule has 1 atom stereocenters. The van der Waals surface area contributed by atoms with E-state index < -0.39 is 0 Å². The smallest absolute Gasteiger partial charge is 0.357 e. The van der Waals surface area contributed by atoms with Crippen molar-refractivity contribution in [2.75, 3.05) is 13.7 Å². The summed E-state index contributed by atoms with van der Waals surface area (Å²) in [6.07, 6.45) is 1.79. The molecular weight excluding hydrogens is 230 g/mol. The number of methoxy groups -OCH3 is 1. The molecule has 0 fully saturated rings. The van der Waals surface area contributed by atoms with Gasteiger partial charge in [-0.25, -0.2) is 14.8 Å². The van der Waals surface area contributed by atoms with E-state index in [9.17, 15) is 4.79 Å². The lowest BCUT2D eigenvalue weighted by atomic mass is 10.0. The molecule has 5 nitrogen and oxygen atoms in total. The van der Waals surface area contributed by atoms with E-state index in [1.165, 1.54) is 7.11 Å². The number of nitrogens with zero attached hydrogens (tertiary/aromatic N) is 2. The van der Waals surface area contributed by atoms with Crippen LogP contribution in [-0.2, 0) is 17.7 Å². The minimum Gasteiger partial charge on any atom is -0.464 e. The lowest BCUT2D eigenvalue weighted by Crippen LogP contribution is -2.29. The highest BCUT2D eigenvalue weighted by molar-refractivity contribution is 5.89. The van der Waals surface area contributed by atoms with Gasteiger partial charge in [-0.2, -0.15) is 0 Å². The molecule has 1 aromatic rings. The fourth-order valence-corrected chi connectivity index (χ4v) is 2.03. The minimum absolute atomic E-state index is 0.258. The maximum Gasteiger partial charge on any atom is 0.357 e. The van der Waals surface area contributed by atoms with Crippen LogP contribution >= 0.6 is 0 Å². The van der Waals surface area contributed by atoms with Gasteiger partial charge in [-0.1, -0.05) is 13.8 Å². The molecule has 1 aliphatic rings. The van der Waals surface area contributed by atoms with Gasteiger partial charge < -0.3 is 10.1 Å². The van der Waals surface area contributed by atoms with E-state index >= 15 is 0 Å². The number of carbonyl (C=O) groups excluding carboxylic acids is 1. The first-order valence-corrected chi connectivity index (χ1v) is 6.36. The molecule has 1 aromatic heterocycles. The topological polar surface area (TPSA) is 64.1 Å². The highest BCUT2D eigenvalue weighted by atomic mass is 16.5. The lowest BCUT2D eigenvalue weighted by Gasteiger charge is -2.20. The standard InChI is InChI=1S/C13H19N3O2/c1-4-8(2)12-15-10-5-6-14-7-9(10)11(16-12)13(17)18-3/h8,14H,4-7H2,1-3H3. The van der Waals surface area contributed by atoms with Gasteiger partial charge in [0.05, 0.1) is 12.8 Å². The molecule has 98 valence electrons. The molecule has 0 spiro atoms. The van der Waals surface area contributed by atoms with E-state index in [2.05, 4.69) is 29.1 Å². The number of aromatic nitrogens is 2. The number of hydrogen-bond acceptors (Lipinski definition) is 5. The Bertz CT molecular complexity index is 460. The van der Waals surface area contributed by atoms with E-state index in [4.69, 9.17) is 4.74 Å². The van der Waals surface area contributed by atoms with Crippen molar-refractivity contribution < 1.29 is 9.53 Å². The summed E-state index contributed by atoms with van der Waals surface area (Å²) in [5.41, 5.74) is 2.30. The van der Waals surface area contributed by atoms with Gasteiger partial charge in [0, 0.05) is 31.0 Å². The first-order valence-electron chi connectivity index (χ1n) is 6.36. The SMILES string of the molecule is CCC(C)c1nc2c(c(C(=O)OC)n1)CNCC2. The van der Waals surface area contributed by atoms with Crippen molar-refractivity contribution in [1.29, 1.82) is 0 Å². The molecule has 0 amide bonds. The van der Waals surface area contributed by atoms with E-state index in [0.29, 0.717) is 12.2 Å². The number of fused-ring (bicyclic) bond motifs is 1.